The van der Waals surface area contributed by atoms with Crippen LogP contribution in [0.15, 0.2) is 42.7 Å². The van der Waals surface area contributed by atoms with E-state index in [0.717, 1.165) is 9.26 Å². The molecule has 0 aliphatic rings. The Morgan fingerprint density at radius 3 is 2.59 bits per heavy atom. The van der Waals surface area contributed by atoms with Crippen LogP contribution in [0, 0.1) is 13.7 Å². The number of anilines is 2. The predicted octanol–water partition coefficient (Wildman–Crippen LogP) is 3.34. The summed E-state index contributed by atoms with van der Waals surface area (Å²) in [5.74, 6) is 0. The number of benzene rings is 1. The molecule has 1 N–H and O–H groups in total. The van der Waals surface area contributed by atoms with Crippen molar-refractivity contribution < 1.29 is 4.92 Å². The minimum atomic E-state index is -0.456. The summed E-state index contributed by atoms with van der Waals surface area (Å²) in [5.41, 5.74) is 1.21. The molecule has 0 aliphatic carbocycles. The molecule has 0 radical (unpaired) electrons. The first kappa shape index (κ1) is 11.8. The lowest BCUT2D eigenvalue weighted by atomic mass is 10.3. The molecule has 17 heavy (non-hydrogen) atoms. The molecule has 86 valence electrons. The van der Waals surface area contributed by atoms with Crippen molar-refractivity contribution in [3.05, 3.63) is 56.4 Å². The molecule has 2 aromatic rings. The van der Waals surface area contributed by atoms with Gasteiger partial charge in [-0.2, -0.15) is 0 Å². The fourth-order valence-corrected chi connectivity index (χ4v) is 1.69. The Hall–Kier alpha value is -1.70. The second-order valence-corrected chi connectivity index (χ2v) is 4.53. The van der Waals surface area contributed by atoms with Gasteiger partial charge in [0.15, 0.2) is 0 Å². The van der Waals surface area contributed by atoms with Crippen LogP contribution in [-0.2, 0) is 0 Å². The maximum Gasteiger partial charge on any atom is 0.310 e. The molecule has 2 rings (SSSR count). The van der Waals surface area contributed by atoms with Crippen molar-refractivity contribution in [1.82, 2.24) is 4.98 Å². The lowest BCUT2D eigenvalue weighted by Crippen LogP contribution is -1.97. The van der Waals surface area contributed by atoms with E-state index >= 15 is 0 Å². The number of aromatic nitrogens is 1. The highest BCUT2D eigenvalue weighted by molar-refractivity contribution is 14.1. The Balaban J connectivity index is 2.30. The Kier molecular flexibility index (Phi) is 3.52. The highest BCUT2D eigenvalue weighted by Crippen LogP contribution is 2.26. The van der Waals surface area contributed by atoms with Gasteiger partial charge < -0.3 is 5.32 Å². The summed E-state index contributed by atoms with van der Waals surface area (Å²) in [6, 6.07) is 9.17. The molecule has 0 fully saturated rings. The Morgan fingerprint density at radius 1 is 1.24 bits per heavy atom. The van der Waals surface area contributed by atoms with E-state index in [1.165, 1.54) is 12.4 Å². The summed E-state index contributed by atoms with van der Waals surface area (Å²) in [6.45, 7) is 0. The number of halogens is 1. The van der Waals surface area contributed by atoms with Crippen molar-refractivity contribution in [2.24, 2.45) is 0 Å². The van der Waals surface area contributed by atoms with E-state index in [2.05, 4.69) is 32.9 Å². The number of rotatable bonds is 3. The number of nitrogens with zero attached hydrogens (tertiary/aromatic N) is 2. The summed E-state index contributed by atoms with van der Waals surface area (Å²) in [4.78, 5) is 14.1. The van der Waals surface area contributed by atoms with E-state index < -0.39 is 4.92 Å². The lowest BCUT2D eigenvalue weighted by molar-refractivity contribution is -0.384. The first-order valence-electron chi connectivity index (χ1n) is 4.78. The van der Waals surface area contributed by atoms with Gasteiger partial charge in [-0.05, 0) is 52.9 Å². The summed E-state index contributed by atoms with van der Waals surface area (Å²) in [7, 11) is 0. The van der Waals surface area contributed by atoms with Crippen LogP contribution in [0.3, 0.4) is 0 Å². The Bertz CT molecular complexity index is 543. The standard InChI is InChI=1S/C11H8IN3O2/c12-8-1-3-9(4-2-8)14-10-5-6-13-7-11(10)15(16)17/h1-7H,(H,13,14). The minimum Gasteiger partial charge on any atom is -0.350 e. The molecule has 1 aromatic carbocycles. The number of hydrogen-bond donors (Lipinski definition) is 1. The van der Waals surface area contributed by atoms with Crippen LogP contribution in [-0.4, -0.2) is 9.91 Å². The van der Waals surface area contributed by atoms with Crippen molar-refractivity contribution in [3.63, 3.8) is 0 Å². The van der Waals surface area contributed by atoms with Gasteiger partial charge in [0.05, 0.1) is 4.92 Å². The topological polar surface area (TPSA) is 68.1 Å². The molecule has 1 heterocycles. The molecule has 0 aliphatic heterocycles. The van der Waals surface area contributed by atoms with E-state index in [4.69, 9.17) is 0 Å². The first-order valence-corrected chi connectivity index (χ1v) is 5.85. The highest BCUT2D eigenvalue weighted by atomic mass is 127. The van der Waals surface area contributed by atoms with Crippen molar-refractivity contribution in [1.29, 1.82) is 0 Å². The number of hydrogen-bond acceptors (Lipinski definition) is 4. The third-order valence-corrected chi connectivity index (χ3v) is 2.84. The zero-order chi connectivity index (χ0) is 12.3. The van der Waals surface area contributed by atoms with Crippen LogP contribution < -0.4 is 5.32 Å². The van der Waals surface area contributed by atoms with Crippen LogP contribution >= 0.6 is 22.6 Å². The van der Waals surface area contributed by atoms with Gasteiger partial charge in [0.25, 0.3) is 0 Å². The predicted molar refractivity (Wildman–Crippen MR) is 73.3 cm³/mol. The van der Waals surface area contributed by atoms with Crippen LogP contribution in [0.25, 0.3) is 0 Å². The molecule has 0 saturated carbocycles. The molecule has 6 heteroatoms. The van der Waals surface area contributed by atoms with Gasteiger partial charge in [0.1, 0.15) is 11.9 Å². The summed E-state index contributed by atoms with van der Waals surface area (Å²) in [6.07, 6.45) is 2.75. The average molecular weight is 341 g/mol. The van der Waals surface area contributed by atoms with Crippen LogP contribution in [0.1, 0.15) is 0 Å². The molecule has 0 atom stereocenters. The van der Waals surface area contributed by atoms with Gasteiger partial charge in [-0.15, -0.1) is 0 Å². The zero-order valence-corrected chi connectivity index (χ0v) is 10.8. The summed E-state index contributed by atoms with van der Waals surface area (Å²) < 4.78 is 1.11. The highest BCUT2D eigenvalue weighted by Gasteiger charge is 2.12. The molecule has 0 bridgehead atoms. The Labute approximate surface area is 111 Å². The smallest absolute Gasteiger partial charge is 0.310 e. The third-order valence-electron chi connectivity index (χ3n) is 2.12. The summed E-state index contributed by atoms with van der Waals surface area (Å²) in [5, 5.41) is 13.8. The van der Waals surface area contributed by atoms with E-state index in [1.807, 2.05) is 24.3 Å². The Morgan fingerprint density at radius 2 is 1.94 bits per heavy atom. The van der Waals surface area contributed by atoms with Crippen molar-refractivity contribution >= 4 is 39.7 Å². The molecule has 0 amide bonds. The summed E-state index contributed by atoms with van der Waals surface area (Å²) >= 11 is 2.20. The van der Waals surface area contributed by atoms with E-state index in [9.17, 15) is 10.1 Å². The quantitative estimate of drug-likeness (QED) is 0.528. The van der Waals surface area contributed by atoms with Crippen molar-refractivity contribution in [2.75, 3.05) is 5.32 Å². The van der Waals surface area contributed by atoms with Gasteiger partial charge >= 0.3 is 5.69 Å². The number of nitro groups is 1. The molecule has 0 unspecified atom stereocenters. The molecular formula is C11H8IN3O2. The van der Waals surface area contributed by atoms with Crippen LogP contribution in [0.4, 0.5) is 17.1 Å². The lowest BCUT2D eigenvalue weighted by Gasteiger charge is -2.06. The molecule has 0 spiro atoms. The van der Waals surface area contributed by atoms with E-state index in [-0.39, 0.29) is 5.69 Å². The molecule has 5 nitrogen and oxygen atoms in total. The van der Waals surface area contributed by atoms with E-state index in [1.54, 1.807) is 6.07 Å². The monoisotopic (exact) mass is 341 g/mol. The maximum absolute atomic E-state index is 10.8. The van der Waals surface area contributed by atoms with Gasteiger partial charge in [0, 0.05) is 15.5 Å². The average Bonchev–Trinajstić information content (AvgIpc) is 2.32. The SMILES string of the molecule is O=[N+]([O-])c1cnccc1Nc1ccc(I)cc1. The van der Waals surface area contributed by atoms with Crippen molar-refractivity contribution in [2.45, 2.75) is 0 Å². The van der Waals surface area contributed by atoms with Crippen LogP contribution in [0.2, 0.25) is 0 Å². The minimum absolute atomic E-state index is 0.0361. The largest absolute Gasteiger partial charge is 0.350 e. The van der Waals surface area contributed by atoms with Gasteiger partial charge in [-0.25, -0.2) is 0 Å². The maximum atomic E-state index is 10.8. The second-order valence-electron chi connectivity index (χ2n) is 3.28. The van der Waals surface area contributed by atoms with Crippen molar-refractivity contribution in [3.8, 4) is 0 Å². The molecule has 0 saturated heterocycles. The zero-order valence-electron chi connectivity index (χ0n) is 8.63. The fourth-order valence-electron chi connectivity index (χ4n) is 1.33. The van der Waals surface area contributed by atoms with Crippen LogP contribution in [0.5, 0.6) is 0 Å². The second kappa shape index (κ2) is 5.09. The van der Waals surface area contributed by atoms with Gasteiger partial charge in [0.2, 0.25) is 0 Å². The number of nitrogens with one attached hydrogen (secondary N) is 1. The molecular weight excluding hydrogens is 333 g/mol. The van der Waals surface area contributed by atoms with Gasteiger partial charge in [-0.3, -0.25) is 15.1 Å². The first-order chi connectivity index (χ1) is 8.16. The normalized spacial score (nSPS) is 9.94. The number of pyridine rings is 1. The van der Waals surface area contributed by atoms with E-state index in [0.29, 0.717) is 5.69 Å². The van der Waals surface area contributed by atoms with Gasteiger partial charge in [-0.1, -0.05) is 0 Å². The third kappa shape index (κ3) is 2.90. The molecule has 1 aromatic heterocycles. The fraction of sp³-hybridized carbons (Fsp3) is 0.